The third kappa shape index (κ3) is 4.68. The van der Waals surface area contributed by atoms with Gasteiger partial charge in [-0.05, 0) is 30.5 Å². The van der Waals surface area contributed by atoms with Crippen molar-refractivity contribution in [3.8, 4) is 5.75 Å². The summed E-state index contributed by atoms with van der Waals surface area (Å²) in [5.74, 6) is -0.340. The molecular formula is C13H16O4. The monoisotopic (exact) mass is 236 g/mol. The van der Waals surface area contributed by atoms with Crippen LogP contribution in [0.1, 0.15) is 18.4 Å². The minimum atomic E-state index is -0.869. The topological polar surface area (TPSA) is 63.6 Å². The van der Waals surface area contributed by atoms with Gasteiger partial charge in [-0.2, -0.15) is 0 Å². The lowest BCUT2D eigenvalue weighted by molar-refractivity contribution is -0.137. The average molecular weight is 236 g/mol. The number of hydrogen-bond acceptors (Lipinski definition) is 3. The van der Waals surface area contributed by atoms with Crippen molar-refractivity contribution in [2.45, 2.75) is 19.3 Å². The molecule has 0 saturated carbocycles. The van der Waals surface area contributed by atoms with Crippen molar-refractivity contribution in [2.24, 2.45) is 5.92 Å². The molecule has 0 amide bonds. The van der Waals surface area contributed by atoms with Crippen molar-refractivity contribution in [3.63, 3.8) is 0 Å². The molecule has 92 valence electrons. The van der Waals surface area contributed by atoms with Gasteiger partial charge < -0.3 is 14.6 Å². The van der Waals surface area contributed by atoms with Gasteiger partial charge in [-0.15, -0.1) is 0 Å². The standard InChI is InChI=1S/C13H16O4/c1-17-12-5-2-10(3-6-12)8-11(9-14)4-7-13(15)16/h2-3,5-6,9,11H,4,7-8H2,1H3,(H,15,16). The molecule has 4 heteroatoms. The van der Waals surface area contributed by atoms with Crippen molar-refractivity contribution < 1.29 is 19.4 Å². The second-order valence-electron chi connectivity index (χ2n) is 3.88. The number of rotatable bonds is 7. The summed E-state index contributed by atoms with van der Waals surface area (Å²) >= 11 is 0. The van der Waals surface area contributed by atoms with Crippen LogP contribution in [0.3, 0.4) is 0 Å². The molecule has 0 aliphatic heterocycles. The number of carboxylic acid groups (broad SMARTS) is 1. The number of hydrogen-bond donors (Lipinski definition) is 1. The van der Waals surface area contributed by atoms with Crippen LogP contribution in [0, 0.1) is 5.92 Å². The molecule has 1 aromatic carbocycles. The van der Waals surface area contributed by atoms with Crippen LogP contribution in [0.15, 0.2) is 24.3 Å². The molecule has 0 aliphatic carbocycles. The quantitative estimate of drug-likeness (QED) is 0.734. The lowest BCUT2D eigenvalue weighted by Gasteiger charge is -2.09. The molecule has 1 unspecified atom stereocenters. The molecule has 0 spiro atoms. The number of carbonyl (C=O) groups excluding carboxylic acids is 1. The smallest absolute Gasteiger partial charge is 0.303 e. The first kappa shape index (κ1) is 13.2. The van der Waals surface area contributed by atoms with E-state index in [0.29, 0.717) is 12.8 Å². The van der Waals surface area contributed by atoms with Crippen molar-refractivity contribution in [1.29, 1.82) is 0 Å². The van der Waals surface area contributed by atoms with Crippen LogP contribution in [0.2, 0.25) is 0 Å². The van der Waals surface area contributed by atoms with Gasteiger partial charge in [0.05, 0.1) is 7.11 Å². The summed E-state index contributed by atoms with van der Waals surface area (Å²) in [4.78, 5) is 21.3. The molecule has 17 heavy (non-hydrogen) atoms. The Labute approximate surface area is 100 Å². The summed E-state index contributed by atoms with van der Waals surface area (Å²) in [5.41, 5.74) is 1.01. The van der Waals surface area contributed by atoms with Crippen LogP contribution in [-0.2, 0) is 16.0 Å². The average Bonchev–Trinajstić information content (AvgIpc) is 2.35. The maximum atomic E-state index is 10.8. The molecule has 0 radical (unpaired) electrons. The Hall–Kier alpha value is -1.84. The Balaban J connectivity index is 2.54. The highest BCUT2D eigenvalue weighted by molar-refractivity contribution is 5.67. The van der Waals surface area contributed by atoms with E-state index in [4.69, 9.17) is 9.84 Å². The van der Waals surface area contributed by atoms with Gasteiger partial charge in [0.15, 0.2) is 0 Å². The first-order valence-corrected chi connectivity index (χ1v) is 5.45. The Bertz CT molecular complexity index is 370. The van der Waals surface area contributed by atoms with Gasteiger partial charge >= 0.3 is 5.97 Å². The summed E-state index contributed by atoms with van der Waals surface area (Å²) in [6.07, 6.45) is 1.80. The van der Waals surface area contributed by atoms with Crippen LogP contribution < -0.4 is 4.74 Å². The summed E-state index contributed by atoms with van der Waals surface area (Å²) < 4.78 is 5.03. The first-order chi connectivity index (χ1) is 8.15. The number of carboxylic acids is 1. The molecule has 1 N–H and O–H groups in total. The number of carbonyl (C=O) groups is 2. The number of aldehydes is 1. The van der Waals surface area contributed by atoms with Gasteiger partial charge in [-0.1, -0.05) is 12.1 Å². The summed E-state index contributed by atoms with van der Waals surface area (Å²) in [7, 11) is 1.59. The molecular weight excluding hydrogens is 220 g/mol. The fraction of sp³-hybridized carbons (Fsp3) is 0.385. The van der Waals surface area contributed by atoms with E-state index in [1.54, 1.807) is 7.11 Å². The Morgan fingerprint density at radius 1 is 1.41 bits per heavy atom. The van der Waals surface area contributed by atoms with Crippen molar-refractivity contribution in [3.05, 3.63) is 29.8 Å². The Kier molecular flexibility index (Phi) is 5.20. The summed E-state index contributed by atoms with van der Waals surface area (Å²) in [6.45, 7) is 0. The van der Waals surface area contributed by atoms with E-state index in [0.717, 1.165) is 17.6 Å². The lowest BCUT2D eigenvalue weighted by Crippen LogP contribution is -2.09. The van der Waals surface area contributed by atoms with Crippen LogP contribution >= 0.6 is 0 Å². The fourth-order valence-corrected chi connectivity index (χ4v) is 1.59. The van der Waals surface area contributed by atoms with E-state index in [1.807, 2.05) is 24.3 Å². The highest BCUT2D eigenvalue weighted by Crippen LogP contribution is 2.16. The van der Waals surface area contributed by atoms with E-state index in [9.17, 15) is 9.59 Å². The predicted molar refractivity (Wildman–Crippen MR) is 63.1 cm³/mol. The summed E-state index contributed by atoms with van der Waals surface area (Å²) in [5, 5.41) is 8.56. The van der Waals surface area contributed by atoms with Crippen molar-refractivity contribution in [1.82, 2.24) is 0 Å². The zero-order chi connectivity index (χ0) is 12.7. The zero-order valence-corrected chi connectivity index (χ0v) is 9.76. The van der Waals surface area contributed by atoms with E-state index < -0.39 is 5.97 Å². The molecule has 4 nitrogen and oxygen atoms in total. The lowest BCUT2D eigenvalue weighted by atomic mass is 9.96. The molecule has 1 aromatic rings. The number of ether oxygens (including phenoxy) is 1. The first-order valence-electron chi connectivity index (χ1n) is 5.45. The molecule has 1 atom stereocenters. The highest BCUT2D eigenvalue weighted by atomic mass is 16.5. The molecule has 0 heterocycles. The molecule has 0 saturated heterocycles. The Morgan fingerprint density at radius 3 is 2.53 bits per heavy atom. The highest BCUT2D eigenvalue weighted by Gasteiger charge is 2.10. The van der Waals surface area contributed by atoms with Gasteiger partial charge in [0.25, 0.3) is 0 Å². The van der Waals surface area contributed by atoms with Gasteiger partial charge in [-0.3, -0.25) is 4.79 Å². The second kappa shape index (κ2) is 6.68. The Morgan fingerprint density at radius 2 is 2.06 bits per heavy atom. The third-order valence-corrected chi connectivity index (χ3v) is 2.58. The predicted octanol–water partition coefficient (Wildman–Crippen LogP) is 1.92. The maximum Gasteiger partial charge on any atom is 0.303 e. The van der Waals surface area contributed by atoms with Crippen LogP contribution in [0.5, 0.6) is 5.75 Å². The van der Waals surface area contributed by atoms with Crippen LogP contribution in [0.25, 0.3) is 0 Å². The minimum absolute atomic E-state index is 0.0273. The molecule has 0 aliphatic rings. The molecule has 0 aromatic heterocycles. The van der Waals surface area contributed by atoms with Gasteiger partial charge in [0.2, 0.25) is 0 Å². The van der Waals surface area contributed by atoms with Gasteiger partial charge in [-0.25, -0.2) is 0 Å². The fourth-order valence-electron chi connectivity index (χ4n) is 1.59. The largest absolute Gasteiger partial charge is 0.497 e. The number of methoxy groups -OCH3 is 1. The zero-order valence-electron chi connectivity index (χ0n) is 9.76. The SMILES string of the molecule is COc1ccc(CC(C=O)CCC(=O)O)cc1. The number of aliphatic carboxylic acids is 1. The van der Waals surface area contributed by atoms with Crippen molar-refractivity contribution in [2.75, 3.05) is 7.11 Å². The normalized spacial score (nSPS) is 11.8. The van der Waals surface area contributed by atoms with Gasteiger partial charge in [0.1, 0.15) is 12.0 Å². The van der Waals surface area contributed by atoms with E-state index >= 15 is 0 Å². The van der Waals surface area contributed by atoms with Crippen LogP contribution in [0.4, 0.5) is 0 Å². The molecule has 0 fully saturated rings. The minimum Gasteiger partial charge on any atom is -0.497 e. The third-order valence-electron chi connectivity index (χ3n) is 2.58. The van der Waals surface area contributed by atoms with Crippen LogP contribution in [-0.4, -0.2) is 24.5 Å². The maximum absolute atomic E-state index is 10.8. The van der Waals surface area contributed by atoms with Gasteiger partial charge in [0, 0.05) is 12.3 Å². The summed E-state index contributed by atoms with van der Waals surface area (Å²) in [6, 6.07) is 7.43. The van der Waals surface area contributed by atoms with Crippen molar-refractivity contribution >= 4 is 12.3 Å². The molecule has 0 bridgehead atoms. The van der Waals surface area contributed by atoms with E-state index in [1.165, 1.54) is 0 Å². The molecule has 1 rings (SSSR count). The van der Waals surface area contributed by atoms with E-state index in [2.05, 4.69) is 0 Å². The van der Waals surface area contributed by atoms with E-state index in [-0.39, 0.29) is 12.3 Å². The number of benzene rings is 1. The second-order valence-corrected chi connectivity index (χ2v) is 3.88.